The van der Waals surface area contributed by atoms with Gasteiger partial charge >= 0.3 is 0 Å². The maximum Gasteiger partial charge on any atom is 0.164 e. The predicted octanol–water partition coefficient (Wildman–Crippen LogP) is 10.4. The van der Waals surface area contributed by atoms with Crippen molar-refractivity contribution >= 4 is 0 Å². The van der Waals surface area contributed by atoms with Gasteiger partial charge in [0.05, 0.1) is 0 Å². The van der Waals surface area contributed by atoms with Gasteiger partial charge in [-0.3, -0.25) is 0 Å². The number of hydrogen-bond acceptors (Lipinski definition) is 9. The molecule has 2 saturated carbocycles. The lowest BCUT2D eigenvalue weighted by molar-refractivity contribution is 0.405. The Kier molecular flexibility index (Phi) is 9.22. The molecule has 55 heavy (non-hydrogen) atoms. The van der Waals surface area contributed by atoms with Crippen molar-refractivity contribution < 1.29 is 0 Å². The highest BCUT2D eigenvalue weighted by Crippen LogP contribution is 2.52. The van der Waals surface area contributed by atoms with E-state index in [0.29, 0.717) is 41.0 Å². The Morgan fingerprint density at radius 3 is 1.25 bits per heavy atom. The van der Waals surface area contributed by atoms with Crippen LogP contribution in [0.2, 0.25) is 0 Å². The molecular formula is C46H43N9. The van der Waals surface area contributed by atoms with Gasteiger partial charge in [0, 0.05) is 51.1 Å². The molecule has 3 aromatic heterocycles. The van der Waals surface area contributed by atoms with Crippen LogP contribution < -0.4 is 0 Å². The topological polar surface area (TPSA) is 116 Å². The lowest BCUT2D eigenvalue weighted by atomic mass is 9.88. The average Bonchev–Trinajstić information content (AvgIpc) is 3.89. The number of nitrogens with zero attached hydrogens (tertiary/aromatic N) is 9. The minimum Gasteiger partial charge on any atom is -0.217 e. The molecule has 2 aliphatic rings. The maximum absolute atomic E-state index is 5.13. The first-order valence-corrected chi connectivity index (χ1v) is 19.4. The molecule has 2 bridgehead atoms. The molecule has 0 saturated heterocycles. The highest BCUT2D eigenvalue weighted by molar-refractivity contribution is 5.71. The van der Waals surface area contributed by atoms with Gasteiger partial charge in [-0.1, -0.05) is 137 Å². The van der Waals surface area contributed by atoms with E-state index >= 15 is 0 Å². The first-order valence-electron chi connectivity index (χ1n) is 19.4. The van der Waals surface area contributed by atoms with Gasteiger partial charge in [0.25, 0.3) is 0 Å². The highest BCUT2D eigenvalue weighted by Gasteiger charge is 2.42. The highest BCUT2D eigenvalue weighted by atomic mass is 15.1. The second-order valence-corrected chi connectivity index (χ2v) is 15.5. The van der Waals surface area contributed by atoms with Gasteiger partial charge in [0.1, 0.15) is 17.5 Å². The first kappa shape index (κ1) is 34.7. The number of benzene rings is 4. The first-order chi connectivity index (χ1) is 26.8. The van der Waals surface area contributed by atoms with E-state index in [9.17, 15) is 0 Å². The van der Waals surface area contributed by atoms with Crippen LogP contribution in [0.1, 0.15) is 88.6 Å². The van der Waals surface area contributed by atoms with Crippen LogP contribution >= 0.6 is 0 Å². The standard InChI is InChI=1S/C46H43N9/c1-27(2)38-47-39(28(3)4)49-44(48-38)35-16-11-17-36(26-35)45-52-40(30-12-7-5-8-13-30)50-42(53-45)32-20-22-33(23-21-32)43-51-41(31-14-9-6-10-15-31)54-46(55-43)37-25-29-18-19-34(37)24-29/h5-17,20-23,26-29,34,37H,18-19,24-25H2,1-4H3. The normalized spacial score (nSPS) is 17.7. The lowest BCUT2D eigenvalue weighted by Gasteiger charge is -2.21. The minimum atomic E-state index is 0.175. The quantitative estimate of drug-likeness (QED) is 0.144. The molecule has 3 atom stereocenters. The van der Waals surface area contributed by atoms with E-state index in [0.717, 1.165) is 62.6 Å². The van der Waals surface area contributed by atoms with Crippen LogP contribution in [0.4, 0.5) is 0 Å². The molecule has 0 amide bonds. The molecule has 9 rings (SSSR count). The monoisotopic (exact) mass is 721 g/mol. The van der Waals surface area contributed by atoms with E-state index in [2.05, 4.69) is 70.2 Å². The minimum absolute atomic E-state index is 0.175. The van der Waals surface area contributed by atoms with Crippen molar-refractivity contribution in [2.24, 2.45) is 11.8 Å². The van der Waals surface area contributed by atoms with Crippen LogP contribution in [0.25, 0.3) is 68.3 Å². The molecule has 9 heteroatoms. The van der Waals surface area contributed by atoms with Crippen molar-refractivity contribution in [3.63, 3.8) is 0 Å². The van der Waals surface area contributed by atoms with Crippen molar-refractivity contribution in [2.45, 2.75) is 71.1 Å². The van der Waals surface area contributed by atoms with E-state index in [1.165, 1.54) is 25.7 Å². The van der Waals surface area contributed by atoms with Crippen molar-refractivity contribution in [3.05, 3.63) is 127 Å². The van der Waals surface area contributed by atoms with Crippen LogP contribution in [-0.2, 0) is 0 Å². The van der Waals surface area contributed by atoms with E-state index < -0.39 is 0 Å². The predicted molar refractivity (Wildman–Crippen MR) is 216 cm³/mol. The van der Waals surface area contributed by atoms with Crippen molar-refractivity contribution in [2.75, 3.05) is 0 Å². The van der Waals surface area contributed by atoms with Gasteiger partial charge in [0.2, 0.25) is 0 Å². The molecule has 272 valence electrons. The molecule has 3 unspecified atom stereocenters. The van der Waals surface area contributed by atoms with Crippen LogP contribution in [0.15, 0.2) is 109 Å². The third-order valence-electron chi connectivity index (χ3n) is 10.9. The maximum atomic E-state index is 5.13. The van der Waals surface area contributed by atoms with Crippen LogP contribution in [0.3, 0.4) is 0 Å². The zero-order chi connectivity index (χ0) is 37.5. The third kappa shape index (κ3) is 7.14. The van der Waals surface area contributed by atoms with Gasteiger partial charge < -0.3 is 0 Å². The molecule has 2 fully saturated rings. The van der Waals surface area contributed by atoms with E-state index in [-0.39, 0.29) is 11.8 Å². The summed E-state index contributed by atoms with van der Waals surface area (Å²) < 4.78 is 0. The summed E-state index contributed by atoms with van der Waals surface area (Å²) in [6.45, 7) is 8.41. The summed E-state index contributed by atoms with van der Waals surface area (Å²) in [5, 5.41) is 0. The van der Waals surface area contributed by atoms with Gasteiger partial charge in [-0.2, -0.15) is 0 Å². The molecule has 0 radical (unpaired) electrons. The summed E-state index contributed by atoms with van der Waals surface area (Å²) in [6.07, 6.45) is 5.06. The summed E-state index contributed by atoms with van der Waals surface area (Å²) >= 11 is 0. The van der Waals surface area contributed by atoms with E-state index in [1.807, 2.05) is 66.7 Å². The zero-order valence-corrected chi connectivity index (χ0v) is 31.6. The summed E-state index contributed by atoms with van der Waals surface area (Å²) in [5.41, 5.74) is 5.43. The lowest BCUT2D eigenvalue weighted by Crippen LogP contribution is -2.14. The number of rotatable bonds is 9. The fraction of sp³-hybridized carbons (Fsp3) is 0.283. The second kappa shape index (κ2) is 14.6. The van der Waals surface area contributed by atoms with E-state index in [4.69, 9.17) is 44.9 Å². The van der Waals surface area contributed by atoms with Crippen molar-refractivity contribution in [3.8, 4) is 68.3 Å². The Balaban J connectivity index is 1.10. The molecule has 3 heterocycles. The summed E-state index contributed by atoms with van der Waals surface area (Å²) in [7, 11) is 0. The molecule has 9 nitrogen and oxygen atoms in total. The molecule has 0 spiro atoms. The Morgan fingerprint density at radius 1 is 0.400 bits per heavy atom. The fourth-order valence-corrected chi connectivity index (χ4v) is 7.94. The summed E-state index contributed by atoms with van der Waals surface area (Å²) in [6, 6.07) is 36.6. The molecular weight excluding hydrogens is 679 g/mol. The molecule has 0 aliphatic heterocycles. The average molecular weight is 722 g/mol. The summed E-state index contributed by atoms with van der Waals surface area (Å²) in [4.78, 5) is 44.7. The van der Waals surface area contributed by atoms with Gasteiger partial charge in [-0.25, -0.2) is 44.9 Å². The van der Waals surface area contributed by atoms with Gasteiger partial charge in [0.15, 0.2) is 34.9 Å². The zero-order valence-electron chi connectivity index (χ0n) is 31.6. The fourth-order valence-electron chi connectivity index (χ4n) is 7.94. The Hall–Kier alpha value is -6.09. The third-order valence-corrected chi connectivity index (χ3v) is 10.9. The smallest absolute Gasteiger partial charge is 0.164 e. The molecule has 4 aromatic carbocycles. The Bertz CT molecular complexity index is 2440. The molecule has 2 aliphatic carbocycles. The van der Waals surface area contributed by atoms with E-state index in [1.54, 1.807) is 0 Å². The van der Waals surface area contributed by atoms with Crippen LogP contribution in [-0.4, -0.2) is 44.9 Å². The van der Waals surface area contributed by atoms with Crippen LogP contribution in [0, 0.1) is 11.8 Å². The largest absolute Gasteiger partial charge is 0.217 e. The Labute approximate surface area is 321 Å². The van der Waals surface area contributed by atoms with Gasteiger partial charge in [-0.05, 0) is 37.2 Å². The van der Waals surface area contributed by atoms with Crippen LogP contribution in [0.5, 0.6) is 0 Å². The number of fused-ring (bicyclic) bond motifs is 2. The van der Waals surface area contributed by atoms with Gasteiger partial charge in [-0.15, -0.1) is 0 Å². The van der Waals surface area contributed by atoms with Crippen molar-refractivity contribution in [1.82, 2.24) is 44.9 Å². The number of aromatic nitrogens is 9. The SMILES string of the molecule is CC(C)c1nc(-c2cccc(-c3nc(-c4ccccc4)nc(-c4ccc(-c5nc(-c6ccccc6)nc(C6CC7CCC6C7)n5)cc4)n3)c2)nc(C(C)C)n1. The van der Waals surface area contributed by atoms with Crippen molar-refractivity contribution in [1.29, 1.82) is 0 Å². The molecule has 7 aromatic rings. The number of hydrogen-bond donors (Lipinski definition) is 0. The molecule has 0 N–H and O–H groups in total. The Morgan fingerprint density at radius 2 is 0.818 bits per heavy atom. The summed E-state index contributed by atoms with van der Waals surface area (Å²) in [5.74, 6) is 8.49. The second-order valence-electron chi connectivity index (χ2n) is 15.5.